The lowest BCUT2D eigenvalue weighted by Crippen LogP contribution is -2.16. The predicted molar refractivity (Wildman–Crippen MR) is 135 cm³/mol. The van der Waals surface area contributed by atoms with Gasteiger partial charge >= 0.3 is 11.9 Å². The fraction of sp³-hybridized carbons (Fsp3) is 0.259. The third-order valence-electron chi connectivity index (χ3n) is 5.91. The summed E-state index contributed by atoms with van der Waals surface area (Å²) in [5.74, 6) is -1.53. The number of benzene rings is 1. The van der Waals surface area contributed by atoms with Crippen molar-refractivity contribution < 1.29 is 28.6 Å². The van der Waals surface area contributed by atoms with Crippen LogP contribution in [-0.4, -0.2) is 29.6 Å². The second-order valence-electron chi connectivity index (χ2n) is 8.30. The first-order valence-electron chi connectivity index (χ1n) is 11.5. The van der Waals surface area contributed by atoms with E-state index in [1.54, 1.807) is 25.1 Å². The van der Waals surface area contributed by atoms with Gasteiger partial charge < -0.3 is 19.6 Å². The van der Waals surface area contributed by atoms with Crippen molar-refractivity contribution in [1.82, 2.24) is 0 Å². The molecule has 2 aromatic heterocycles. The maximum atomic E-state index is 13.0. The van der Waals surface area contributed by atoms with Gasteiger partial charge in [-0.1, -0.05) is 6.07 Å². The second kappa shape index (κ2) is 10.6. The molecule has 3 aromatic rings. The average Bonchev–Trinajstić information content (AvgIpc) is 3.46. The molecule has 0 saturated carbocycles. The number of rotatable bonds is 7. The summed E-state index contributed by atoms with van der Waals surface area (Å²) in [5, 5.41) is 22.0. The predicted octanol–water partition coefficient (Wildman–Crippen LogP) is 5.62. The van der Waals surface area contributed by atoms with Crippen molar-refractivity contribution >= 4 is 40.3 Å². The Morgan fingerprint density at radius 1 is 1.22 bits per heavy atom. The van der Waals surface area contributed by atoms with E-state index in [0.29, 0.717) is 21.9 Å². The van der Waals surface area contributed by atoms with Gasteiger partial charge in [0, 0.05) is 16.5 Å². The number of ether oxygens (including phenoxy) is 1. The molecule has 0 radical (unpaired) electrons. The summed E-state index contributed by atoms with van der Waals surface area (Å²) in [4.78, 5) is 38.0. The summed E-state index contributed by atoms with van der Waals surface area (Å²) in [5.41, 5.74) is 2.62. The molecule has 2 heterocycles. The molecule has 1 aliphatic rings. The van der Waals surface area contributed by atoms with Crippen molar-refractivity contribution in [1.29, 1.82) is 5.26 Å². The van der Waals surface area contributed by atoms with Crippen molar-refractivity contribution in [2.24, 2.45) is 0 Å². The van der Waals surface area contributed by atoms with Gasteiger partial charge in [0.25, 0.3) is 5.91 Å². The first-order valence-corrected chi connectivity index (χ1v) is 12.3. The Kier molecular flexibility index (Phi) is 7.36. The fourth-order valence-electron chi connectivity index (χ4n) is 4.13. The number of hydrogen-bond donors (Lipinski definition) is 2. The zero-order chi connectivity index (χ0) is 25.8. The number of carboxylic acid groups (broad SMARTS) is 1. The lowest BCUT2D eigenvalue weighted by atomic mass is 9.95. The Hall–Kier alpha value is -4.16. The van der Waals surface area contributed by atoms with Crippen LogP contribution in [0.3, 0.4) is 0 Å². The summed E-state index contributed by atoms with van der Waals surface area (Å²) in [6.07, 6.45) is 4.87. The summed E-state index contributed by atoms with van der Waals surface area (Å²) in [6.45, 7) is 3.77. The average molecular weight is 505 g/mol. The van der Waals surface area contributed by atoms with E-state index in [1.165, 1.54) is 29.5 Å². The molecule has 36 heavy (non-hydrogen) atoms. The van der Waals surface area contributed by atoms with Crippen LogP contribution in [0.1, 0.15) is 62.2 Å². The molecule has 184 valence electrons. The highest BCUT2D eigenvalue weighted by Gasteiger charge is 2.28. The fourth-order valence-corrected chi connectivity index (χ4v) is 5.40. The molecular formula is C27H24N2O6S. The third-order valence-corrected chi connectivity index (χ3v) is 7.11. The molecule has 1 amide bonds. The number of anilines is 1. The van der Waals surface area contributed by atoms with Gasteiger partial charge in [0.2, 0.25) is 0 Å². The molecule has 0 saturated heterocycles. The van der Waals surface area contributed by atoms with Crippen molar-refractivity contribution in [3.8, 4) is 17.4 Å². The van der Waals surface area contributed by atoms with Crippen LogP contribution in [0.15, 0.2) is 40.3 Å². The molecular weight excluding hydrogens is 480 g/mol. The minimum Gasteiger partial charge on any atom is -0.478 e. The monoisotopic (exact) mass is 504 g/mol. The van der Waals surface area contributed by atoms with Crippen molar-refractivity contribution in [3.63, 3.8) is 0 Å². The molecule has 1 aromatic carbocycles. The van der Waals surface area contributed by atoms with Crippen LogP contribution in [-0.2, 0) is 22.4 Å². The normalized spacial score (nSPS) is 13.0. The first-order chi connectivity index (χ1) is 17.3. The molecule has 0 atom stereocenters. The number of fused-ring (bicyclic) bond motifs is 1. The minimum absolute atomic E-state index is 0.122. The zero-order valence-corrected chi connectivity index (χ0v) is 20.7. The van der Waals surface area contributed by atoms with Gasteiger partial charge in [-0.2, -0.15) is 5.26 Å². The summed E-state index contributed by atoms with van der Waals surface area (Å²) in [6, 6.07) is 9.85. The van der Waals surface area contributed by atoms with Crippen LogP contribution < -0.4 is 5.32 Å². The number of carbonyl (C=O) groups excluding carboxylic acids is 2. The van der Waals surface area contributed by atoms with E-state index in [2.05, 4.69) is 5.32 Å². The van der Waals surface area contributed by atoms with E-state index in [-0.39, 0.29) is 23.5 Å². The van der Waals surface area contributed by atoms with E-state index in [9.17, 15) is 24.8 Å². The summed E-state index contributed by atoms with van der Waals surface area (Å²) >= 11 is 1.34. The first kappa shape index (κ1) is 24.9. The van der Waals surface area contributed by atoms with E-state index in [4.69, 9.17) is 9.15 Å². The molecule has 9 heteroatoms. The maximum Gasteiger partial charge on any atom is 0.341 e. The number of nitrogens with one attached hydrogen (secondary N) is 1. The number of carboxylic acids is 1. The highest BCUT2D eigenvalue weighted by molar-refractivity contribution is 7.17. The lowest BCUT2D eigenvalue weighted by molar-refractivity contribution is -0.112. The summed E-state index contributed by atoms with van der Waals surface area (Å²) in [7, 11) is 0. The Labute approximate surface area is 211 Å². The van der Waals surface area contributed by atoms with Crippen molar-refractivity contribution in [2.75, 3.05) is 11.9 Å². The molecule has 0 bridgehead atoms. The topological polar surface area (TPSA) is 130 Å². The van der Waals surface area contributed by atoms with E-state index < -0.39 is 17.8 Å². The number of carbonyl (C=O) groups is 3. The van der Waals surface area contributed by atoms with Crippen LogP contribution >= 0.6 is 11.3 Å². The molecule has 0 fully saturated rings. The highest BCUT2D eigenvalue weighted by atomic mass is 32.1. The molecule has 2 N–H and O–H groups in total. The quantitative estimate of drug-likeness (QED) is 0.243. The number of thiophene rings is 1. The second-order valence-corrected chi connectivity index (χ2v) is 9.40. The molecule has 8 nitrogen and oxygen atoms in total. The van der Waals surface area contributed by atoms with E-state index in [1.807, 2.05) is 13.0 Å². The van der Waals surface area contributed by atoms with Crippen LogP contribution in [0.2, 0.25) is 0 Å². The number of furan rings is 1. The molecule has 4 rings (SSSR count). The maximum absolute atomic E-state index is 13.0. The SMILES string of the molecule is CCOC(=O)c1c(NC(=O)/C(C#N)=C/c2ccc(-c3cc(C(=O)O)ccc3C)o2)sc2c1CCCC2. The largest absolute Gasteiger partial charge is 0.478 e. The van der Waals surface area contributed by atoms with Crippen molar-refractivity contribution in [2.45, 2.75) is 39.5 Å². The van der Waals surface area contributed by atoms with Crippen molar-refractivity contribution in [3.05, 3.63) is 68.8 Å². The van der Waals surface area contributed by atoms with Gasteiger partial charge in [0.05, 0.1) is 17.7 Å². The van der Waals surface area contributed by atoms with Crippen LogP contribution in [0.25, 0.3) is 17.4 Å². The Balaban J connectivity index is 1.61. The van der Waals surface area contributed by atoms with Crippen LogP contribution in [0, 0.1) is 18.3 Å². The highest BCUT2D eigenvalue weighted by Crippen LogP contribution is 2.39. The van der Waals surface area contributed by atoms with Gasteiger partial charge in [-0.25, -0.2) is 9.59 Å². The number of esters is 1. The van der Waals surface area contributed by atoms with Gasteiger partial charge in [0.15, 0.2) is 0 Å². The Morgan fingerprint density at radius 3 is 2.72 bits per heavy atom. The standard InChI is InChI=1S/C27H24N2O6S/c1-3-34-27(33)23-19-6-4-5-7-22(19)36-25(23)29-24(30)17(14-28)12-18-10-11-21(35-18)20-13-16(26(31)32)9-8-15(20)2/h8-13H,3-7H2,1-2H3,(H,29,30)(H,31,32)/b17-12+. The molecule has 1 aliphatic carbocycles. The number of amides is 1. The lowest BCUT2D eigenvalue weighted by Gasteiger charge is -2.12. The van der Waals surface area contributed by atoms with E-state index in [0.717, 1.165) is 41.7 Å². The zero-order valence-electron chi connectivity index (χ0n) is 19.8. The minimum atomic E-state index is -1.05. The summed E-state index contributed by atoms with van der Waals surface area (Å²) < 4.78 is 11.0. The number of aryl methyl sites for hydroxylation is 2. The smallest absolute Gasteiger partial charge is 0.341 e. The number of hydrogen-bond acceptors (Lipinski definition) is 7. The Bertz CT molecular complexity index is 1420. The van der Waals surface area contributed by atoms with Gasteiger partial charge in [-0.15, -0.1) is 11.3 Å². The Morgan fingerprint density at radius 2 is 2.00 bits per heavy atom. The number of nitriles is 1. The van der Waals surface area contributed by atoms with Gasteiger partial charge in [0.1, 0.15) is 28.2 Å². The van der Waals surface area contributed by atoms with Crippen LogP contribution in [0.4, 0.5) is 5.00 Å². The van der Waals surface area contributed by atoms with Gasteiger partial charge in [-0.05, 0) is 74.9 Å². The van der Waals surface area contributed by atoms with E-state index >= 15 is 0 Å². The molecule has 0 unspecified atom stereocenters. The third kappa shape index (κ3) is 5.09. The molecule has 0 aliphatic heterocycles. The van der Waals surface area contributed by atoms with Crippen LogP contribution in [0.5, 0.6) is 0 Å². The van der Waals surface area contributed by atoms with Gasteiger partial charge in [-0.3, -0.25) is 4.79 Å². The number of nitrogens with zero attached hydrogens (tertiary/aromatic N) is 1. The molecule has 0 spiro atoms. The number of aromatic carboxylic acids is 1.